The fourth-order valence-electron chi connectivity index (χ4n) is 1.71. The van der Waals surface area contributed by atoms with E-state index in [-0.39, 0.29) is 6.04 Å². The van der Waals surface area contributed by atoms with Crippen LogP contribution < -0.4 is 5.73 Å². The molecule has 0 fully saturated rings. The maximum atomic E-state index is 6.22. The molecule has 1 aromatic carbocycles. The van der Waals surface area contributed by atoms with Crippen molar-refractivity contribution in [1.82, 2.24) is 4.98 Å². The van der Waals surface area contributed by atoms with Crippen LogP contribution in [-0.4, -0.2) is 4.98 Å². The highest BCUT2D eigenvalue weighted by atomic mass is 127. The highest BCUT2D eigenvalue weighted by Crippen LogP contribution is 2.21. The maximum Gasteiger partial charge on any atom is 0.101 e. The van der Waals surface area contributed by atoms with Crippen molar-refractivity contribution in [3.8, 4) is 0 Å². The summed E-state index contributed by atoms with van der Waals surface area (Å²) < 4.78 is 0.999. The van der Waals surface area contributed by atoms with Crippen LogP contribution in [0.1, 0.15) is 22.9 Å². The Morgan fingerprint density at radius 2 is 1.81 bits per heavy atom. The van der Waals surface area contributed by atoms with Crippen molar-refractivity contribution in [3.05, 3.63) is 63.0 Å². The van der Waals surface area contributed by atoms with Gasteiger partial charge >= 0.3 is 0 Å². The van der Waals surface area contributed by atoms with E-state index in [9.17, 15) is 0 Å². The van der Waals surface area contributed by atoms with Crippen molar-refractivity contribution in [2.75, 3.05) is 0 Å². The lowest BCUT2D eigenvalue weighted by Crippen LogP contribution is -2.14. The SMILES string of the molecule is Cc1nc(I)ccc1[C@H](N)c1ccccc1. The minimum Gasteiger partial charge on any atom is -0.320 e. The zero-order valence-electron chi connectivity index (χ0n) is 9.02. The van der Waals surface area contributed by atoms with Gasteiger partial charge in [0.25, 0.3) is 0 Å². The Morgan fingerprint density at radius 1 is 1.12 bits per heavy atom. The van der Waals surface area contributed by atoms with Crippen LogP contribution in [0.3, 0.4) is 0 Å². The number of aromatic nitrogens is 1. The molecule has 0 unspecified atom stereocenters. The molecule has 82 valence electrons. The highest BCUT2D eigenvalue weighted by Gasteiger charge is 2.11. The van der Waals surface area contributed by atoms with Crippen molar-refractivity contribution >= 4 is 22.6 Å². The summed E-state index contributed by atoms with van der Waals surface area (Å²) in [6, 6.07) is 14.0. The van der Waals surface area contributed by atoms with Crippen molar-refractivity contribution in [2.24, 2.45) is 5.73 Å². The molecule has 0 radical (unpaired) electrons. The highest BCUT2D eigenvalue weighted by molar-refractivity contribution is 14.1. The van der Waals surface area contributed by atoms with Crippen LogP contribution in [0.2, 0.25) is 0 Å². The molecule has 2 nitrogen and oxygen atoms in total. The third-order valence-corrected chi connectivity index (χ3v) is 3.19. The second-order valence-corrected chi connectivity index (χ2v) is 4.80. The van der Waals surface area contributed by atoms with Crippen LogP contribution >= 0.6 is 22.6 Å². The van der Waals surface area contributed by atoms with Crippen molar-refractivity contribution < 1.29 is 0 Å². The van der Waals surface area contributed by atoms with Crippen LogP contribution in [-0.2, 0) is 0 Å². The van der Waals surface area contributed by atoms with Gasteiger partial charge in [0.15, 0.2) is 0 Å². The molecule has 1 heterocycles. The second kappa shape index (κ2) is 4.93. The van der Waals surface area contributed by atoms with Crippen LogP contribution in [0.25, 0.3) is 0 Å². The Morgan fingerprint density at radius 3 is 2.44 bits per heavy atom. The summed E-state index contributed by atoms with van der Waals surface area (Å²) in [6.07, 6.45) is 0. The summed E-state index contributed by atoms with van der Waals surface area (Å²) in [5, 5.41) is 0. The van der Waals surface area contributed by atoms with Gasteiger partial charge in [-0.25, -0.2) is 4.98 Å². The van der Waals surface area contributed by atoms with Crippen LogP contribution in [0.5, 0.6) is 0 Å². The lowest BCUT2D eigenvalue weighted by atomic mass is 9.99. The van der Waals surface area contributed by atoms with Gasteiger partial charge in [-0.1, -0.05) is 36.4 Å². The summed E-state index contributed by atoms with van der Waals surface area (Å²) in [4.78, 5) is 4.43. The van der Waals surface area contributed by atoms with E-state index < -0.39 is 0 Å². The van der Waals surface area contributed by atoms with Gasteiger partial charge in [-0.15, -0.1) is 0 Å². The first-order valence-corrected chi connectivity index (χ1v) is 6.20. The van der Waals surface area contributed by atoms with Gasteiger partial charge in [0, 0.05) is 5.69 Å². The number of benzene rings is 1. The van der Waals surface area contributed by atoms with Gasteiger partial charge in [-0.3, -0.25) is 0 Å². The molecule has 2 N–H and O–H groups in total. The Kier molecular flexibility index (Phi) is 3.56. The lowest BCUT2D eigenvalue weighted by Gasteiger charge is -2.14. The first-order chi connectivity index (χ1) is 7.68. The quantitative estimate of drug-likeness (QED) is 0.681. The van der Waals surface area contributed by atoms with Crippen LogP contribution in [0.15, 0.2) is 42.5 Å². The molecule has 16 heavy (non-hydrogen) atoms. The molecule has 0 saturated heterocycles. The molecule has 0 aliphatic carbocycles. The van der Waals surface area contributed by atoms with E-state index in [0.29, 0.717) is 0 Å². The van der Waals surface area contributed by atoms with Gasteiger partial charge in [0.2, 0.25) is 0 Å². The predicted octanol–water partition coefficient (Wildman–Crippen LogP) is 3.04. The van der Waals surface area contributed by atoms with Crippen molar-refractivity contribution in [1.29, 1.82) is 0 Å². The predicted molar refractivity (Wildman–Crippen MR) is 74.2 cm³/mol. The van der Waals surface area contributed by atoms with E-state index in [1.807, 2.05) is 43.3 Å². The van der Waals surface area contributed by atoms with E-state index in [1.165, 1.54) is 0 Å². The van der Waals surface area contributed by atoms with Gasteiger partial charge in [-0.2, -0.15) is 0 Å². The summed E-state index contributed by atoms with van der Waals surface area (Å²) in [7, 11) is 0. The number of rotatable bonds is 2. The Hall–Kier alpha value is -0.940. The Labute approximate surface area is 109 Å². The number of hydrogen-bond acceptors (Lipinski definition) is 2. The van der Waals surface area contributed by atoms with E-state index in [1.54, 1.807) is 0 Å². The van der Waals surface area contributed by atoms with Crippen LogP contribution in [0, 0.1) is 10.6 Å². The summed E-state index contributed by atoms with van der Waals surface area (Å²) >= 11 is 2.21. The maximum absolute atomic E-state index is 6.22. The molecule has 3 heteroatoms. The number of nitrogens with two attached hydrogens (primary N) is 1. The van der Waals surface area contributed by atoms with Gasteiger partial charge in [0.1, 0.15) is 3.70 Å². The molecule has 0 saturated carbocycles. The Balaban J connectivity index is 2.38. The normalized spacial score (nSPS) is 12.4. The molecule has 0 aliphatic rings. The number of hydrogen-bond donors (Lipinski definition) is 1. The zero-order chi connectivity index (χ0) is 11.5. The molecular formula is C13H13IN2. The molecule has 1 aromatic heterocycles. The van der Waals surface area contributed by atoms with Gasteiger partial charge < -0.3 is 5.73 Å². The average Bonchev–Trinajstić information content (AvgIpc) is 2.29. The van der Waals surface area contributed by atoms with E-state index in [0.717, 1.165) is 20.5 Å². The largest absolute Gasteiger partial charge is 0.320 e. The van der Waals surface area contributed by atoms with Crippen molar-refractivity contribution in [2.45, 2.75) is 13.0 Å². The van der Waals surface area contributed by atoms with Gasteiger partial charge in [0.05, 0.1) is 6.04 Å². The van der Waals surface area contributed by atoms with Crippen molar-refractivity contribution in [3.63, 3.8) is 0 Å². The standard InChI is InChI=1S/C13H13IN2/c1-9-11(7-8-12(14)16-9)13(15)10-5-3-2-4-6-10/h2-8,13H,15H2,1H3/t13-/m1/s1. The average molecular weight is 324 g/mol. The first-order valence-electron chi connectivity index (χ1n) is 5.12. The second-order valence-electron chi connectivity index (χ2n) is 3.70. The topological polar surface area (TPSA) is 38.9 Å². The molecule has 0 aliphatic heterocycles. The first kappa shape index (κ1) is 11.5. The summed E-state index contributed by atoms with van der Waals surface area (Å²) in [5.74, 6) is 0. The van der Waals surface area contributed by atoms with E-state index in [2.05, 4.69) is 33.6 Å². The lowest BCUT2D eigenvalue weighted by molar-refractivity contribution is 0.845. The molecule has 2 rings (SSSR count). The monoisotopic (exact) mass is 324 g/mol. The molecule has 0 bridgehead atoms. The summed E-state index contributed by atoms with van der Waals surface area (Å²) in [6.45, 7) is 2.00. The molecule has 2 aromatic rings. The number of halogens is 1. The molecule has 0 amide bonds. The molecule has 0 spiro atoms. The number of aryl methyl sites for hydroxylation is 1. The third kappa shape index (κ3) is 2.41. The third-order valence-electron chi connectivity index (χ3n) is 2.59. The minimum absolute atomic E-state index is 0.0919. The fraction of sp³-hybridized carbons (Fsp3) is 0.154. The zero-order valence-corrected chi connectivity index (χ0v) is 11.2. The Bertz CT molecular complexity index is 483. The number of pyridine rings is 1. The van der Waals surface area contributed by atoms with E-state index >= 15 is 0 Å². The van der Waals surface area contributed by atoms with Crippen LogP contribution in [0.4, 0.5) is 0 Å². The summed E-state index contributed by atoms with van der Waals surface area (Å²) in [5.41, 5.74) is 9.44. The van der Waals surface area contributed by atoms with Gasteiger partial charge in [-0.05, 0) is 46.7 Å². The smallest absolute Gasteiger partial charge is 0.101 e. The number of nitrogens with zero attached hydrogens (tertiary/aromatic N) is 1. The molecular weight excluding hydrogens is 311 g/mol. The fourth-order valence-corrected chi connectivity index (χ4v) is 2.25. The minimum atomic E-state index is -0.0919. The molecule has 1 atom stereocenters. The van der Waals surface area contributed by atoms with E-state index in [4.69, 9.17) is 5.73 Å².